The molecule has 0 aromatic heterocycles. The van der Waals surface area contributed by atoms with Gasteiger partial charge in [0.1, 0.15) is 17.3 Å². The molecule has 1 aliphatic heterocycles. The maximum Gasteiger partial charge on any atom is 0.308 e. The largest absolute Gasteiger partial charge is 0.507 e. The van der Waals surface area contributed by atoms with E-state index in [0.717, 1.165) is 12.0 Å². The molecule has 2 aromatic rings. The topological polar surface area (TPSA) is 96.4 Å². The molecule has 0 saturated carbocycles. The van der Waals surface area contributed by atoms with Crippen molar-refractivity contribution in [2.24, 2.45) is 0 Å². The molecule has 8 heteroatoms. The SMILES string of the molecule is CCCOc1ccc(/C(O)=C2\C(=O)C(=O)N(CCN(C)C)C2c2cccc(OC(C)=O)c2)cc1C. The van der Waals surface area contributed by atoms with Crippen LogP contribution in [0.1, 0.15) is 43.0 Å². The third-order valence-electron chi connectivity index (χ3n) is 5.67. The third-order valence-corrected chi connectivity index (χ3v) is 5.67. The second-order valence-corrected chi connectivity index (χ2v) is 8.79. The fourth-order valence-electron chi connectivity index (χ4n) is 4.01. The van der Waals surface area contributed by atoms with Gasteiger partial charge in [0.25, 0.3) is 11.7 Å². The Morgan fingerprint density at radius 2 is 1.89 bits per heavy atom. The van der Waals surface area contributed by atoms with Crippen LogP contribution in [0.25, 0.3) is 5.76 Å². The molecule has 3 rings (SSSR count). The molecule has 1 amide bonds. The minimum absolute atomic E-state index is 0.00430. The first-order valence-electron chi connectivity index (χ1n) is 11.6. The number of aryl methyl sites for hydroxylation is 1. The molecule has 1 atom stereocenters. The van der Waals surface area contributed by atoms with E-state index in [9.17, 15) is 19.5 Å². The van der Waals surface area contributed by atoms with Crippen molar-refractivity contribution in [3.8, 4) is 11.5 Å². The number of ketones is 1. The second-order valence-electron chi connectivity index (χ2n) is 8.79. The average Bonchev–Trinajstić information content (AvgIpc) is 3.06. The summed E-state index contributed by atoms with van der Waals surface area (Å²) in [5.74, 6) is -1.20. The normalized spacial score (nSPS) is 17.2. The van der Waals surface area contributed by atoms with E-state index in [4.69, 9.17) is 9.47 Å². The maximum atomic E-state index is 13.2. The van der Waals surface area contributed by atoms with Gasteiger partial charge in [0.15, 0.2) is 0 Å². The number of carbonyl (C=O) groups excluding carboxylic acids is 3. The first kappa shape index (κ1) is 26.0. The Morgan fingerprint density at radius 1 is 1.14 bits per heavy atom. The Bertz CT molecular complexity index is 1150. The van der Waals surface area contributed by atoms with Crippen LogP contribution in [0.3, 0.4) is 0 Å². The second kappa shape index (κ2) is 11.2. The fourth-order valence-corrected chi connectivity index (χ4v) is 4.01. The highest BCUT2D eigenvalue weighted by atomic mass is 16.5. The van der Waals surface area contributed by atoms with E-state index in [-0.39, 0.29) is 17.9 Å². The molecule has 35 heavy (non-hydrogen) atoms. The van der Waals surface area contributed by atoms with Gasteiger partial charge in [-0.05, 0) is 68.9 Å². The predicted octanol–water partition coefficient (Wildman–Crippen LogP) is 3.69. The van der Waals surface area contributed by atoms with Crippen LogP contribution in [0, 0.1) is 6.92 Å². The Kier molecular flexibility index (Phi) is 8.30. The highest BCUT2D eigenvalue weighted by molar-refractivity contribution is 6.46. The van der Waals surface area contributed by atoms with Crippen LogP contribution in [0.5, 0.6) is 11.5 Å². The lowest BCUT2D eigenvalue weighted by atomic mass is 9.94. The van der Waals surface area contributed by atoms with Crippen LogP contribution in [0.2, 0.25) is 0 Å². The molecule has 0 radical (unpaired) electrons. The average molecular weight is 481 g/mol. The number of Topliss-reactive ketones (excluding diaryl/α,β-unsaturated/α-hetero) is 1. The highest BCUT2D eigenvalue weighted by Crippen LogP contribution is 2.40. The first-order valence-corrected chi connectivity index (χ1v) is 11.6. The van der Waals surface area contributed by atoms with Gasteiger partial charge in [-0.2, -0.15) is 0 Å². The number of nitrogens with zero attached hydrogens (tertiary/aromatic N) is 2. The van der Waals surface area contributed by atoms with Crippen LogP contribution < -0.4 is 9.47 Å². The minimum Gasteiger partial charge on any atom is -0.507 e. The number of aliphatic hydroxyl groups is 1. The van der Waals surface area contributed by atoms with Crippen LogP contribution in [0.15, 0.2) is 48.0 Å². The molecular formula is C27H32N2O6. The Hall–Kier alpha value is -3.65. The van der Waals surface area contributed by atoms with Crippen LogP contribution >= 0.6 is 0 Å². The van der Waals surface area contributed by atoms with E-state index in [1.807, 2.05) is 32.8 Å². The lowest BCUT2D eigenvalue weighted by Crippen LogP contribution is -2.35. The quantitative estimate of drug-likeness (QED) is 0.192. The summed E-state index contributed by atoms with van der Waals surface area (Å²) < 4.78 is 10.9. The van der Waals surface area contributed by atoms with Crippen molar-refractivity contribution in [3.63, 3.8) is 0 Å². The van der Waals surface area contributed by atoms with Gasteiger partial charge in [-0.1, -0.05) is 19.1 Å². The zero-order valence-electron chi connectivity index (χ0n) is 20.8. The summed E-state index contributed by atoms with van der Waals surface area (Å²) in [5.41, 5.74) is 1.77. The number of esters is 1. The number of amides is 1. The summed E-state index contributed by atoms with van der Waals surface area (Å²) in [6.07, 6.45) is 0.865. The number of benzene rings is 2. The number of aliphatic hydroxyl groups excluding tert-OH is 1. The van der Waals surface area contributed by atoms with Crippen molar-refractivity contribution < 1.29 is 29.0 Å². The van der Waals surface area contributed by atoms with Crippen molar-refractivity contribution in [3.05, 3.63) is 64.7 Å². The predicted molar refractivity (Wildman–Crippen MR) is 132 cm³/mol. The summed E-state index contributed by atoms with van der Waals surface area (Å²) in [6, 6.07) is 11.0. The van der Waals surface area contributed by atoms with E-state index in [2.05, 4.69) is 0 Å². The number of ether oxygens (including phenoxy) is 2. The van der Waals surface area contributed by atoms with Crippen molar-refractivity contribution >= 4 is 23.4 Å². The molecule has 1 fully saturated rings. The summed E-state index contributed by atoms with van der Waals surface area (Å²) in [5, 5.41) is 11.3. The number of hydrogen-bond acceptors (Lipinski definition) is 7. The number of hydrogen-bond donors (Lipinski definition) is 1. The molecule has 186 valence electrons. The molecule has 1 aliphatic rings. The van der Waals surface area contributed by atoms with E-state index < -0.39 is 23.7 Å². The molecule has 1 heterocycles. The monoisotopic (exact) mass is 480 g/mol. The van der Waals surface area contributed by atoms with Gasteiger partial charge in [-0.15, -0.1) is 0 Å². The van der Waals surface area contributed by atoms with E-state index >= 15 is 0 Å². The summed E-state index contributed by atoms with van der Waals surface area (Å²) in [7, 11) is 3.75. The van der Waals surface area contributed by atoms with Crippen molar-refractivity contribution in [2.45, 2.75) is 33.2 Å². The summed E-state index contributed by atoms with van der Waals surface area (Å²) >= 11 is 0. The zero-order valence-corrected chi connectivity index (χ0v) is 20.8. The van der Waals surface area contributed by atoms with Gasteiger partial charge in [-0.25, -0.2) is 0 Å². The standard InChI is InChI=1S/C27H32N2O6/c1-6-14-34-22-11-10-20(15-17(22)2)25(31)23-24(19-8-7-9-21(16-19)35-18(3)30)29(13-12-28(4)5)27(33)26(23)32/h7-11,15-16,24,31H,6,12-14H2,1-5H3/b25-23+. The highest BCUT2D eigenvalue weighted by Gasteiger charge is 2.46. The molecule has 0 bridgehead atoms. The molecule has 1 N–H and O–H groups in total. The number of likely N-dealkylation sites (N-methyl/N-ethyl adjacent to an activating group) is 1. The Labute approximate surface area is 205 Å². The molecule has 1 saturated heterocycles. The first-order chi connectivity index (χ1) is 16.6. The molecule has 1 unspecified atom stereocenters. The summed E-state index contributed by atoms with van der Waals surface area (Å²) in [6.45, 7) is 6.54. The lowest BCUT2D eigenvalue weighted by Gasteiger charge is -2.26. The van der Waals surface area contributed by atoms with Crippen molar-refractivity contribution in [1.82, 2.24) is 9.80 Å². The lowest BCUT2D eigenvalue weighted by molar-refractivity contribution is -0.140. The van der Waals surface area contributed by atoms with Gasteiger partial charge in [0, 0.05) is 25.6 Å². The Morgan fingerprint density at radius 3 is 2.51 bits per heavy atom. The van der Waals surface area contributed by atoms with Gasteiger partial charge in [-0.3, -0.25) is 14.4 Å². The fraction of sp³-hybridized carbons (Fsp3) is 0.370. The van der Waals surface area contributed by atoms with Crippen LogP contribution in [-0.4, -0.2) is 66.4 Å². The van der Waals surface area contributed by atoms with Gasteiger partial charge < -0.3 is 24.4 Å². The maximum absolute atomic E-state index is 13.2. The van der Waals surface area contributed by atoms with E-state index in [0.29, 0.717) is 35.8 Å². The molecule has 0 spiro atoms. The van der Waals surface area contributed by atoms with Crippen molar-refractivity contribution in [2.75, 3.05) is 33.8 Å². The van der Waals surface area contributed by atoms with Gasteiger partial charge >= 0.3 is 5.97 Å². The number of likely N-dealkylation sites (tertiary alicyclic amines) is 1. The summed E-state index contributed by atoms with van der Waals surface area (Å²) in [4.78, 5) is 41.1. The van der Waals surface area contributed by atoms with Crippen LogP contribution in [0.4, 0.5) is 0 Å². The van der Waals surface area contributed by atoms with Gasteiger partial charge in [0.05, 0.1) is 18.2 Å². The van der Waals surface area contributed by atoms with Crippen molar-refractivity contribution in [1.29, 1.82) is 0 Å². The molecule has 2 aromatic carbocycles. The van der Waals surface area contributed by atoms with Gasteiger partial charge in [0.2, 0.25) is 0 Å². The third kappa shape index (κ3) is 5.89. The minimum atomic E-state index is -0.832. The molecular weight excluding hydrogens is 448 g/mol. The van der Waals surface area contributed by atoms with Crippen LogP contribution in [-0.2, 0) is 14.4 Å². The van der Waals surface area contributed by atoms with E-state index in [1.54, 1.807) is 42.5 Å². The Balaban J connectivity index is 2.12. The number of rotatable bonds is 9. The molecule has 0 aliphatic carbocycles. The number of carbonyl (C=O) groups is 3. The van der Waals surface area contributed by atoms with E-state index in [1.165, 1.54) is 11.8 Å². The smallest absolute Gasteiger partial charge is 0.308 e. The molecule has 8 nitrogen and oxygen atoms in total. The zero-order chi connectivity index (χ0) is 25.7.